The Kier molecular flexibility index (Phi) is 7.91. The summed E-state index contributed by atoms with van der Waals surface area (Å²) in [5.41, 5.74) is 1.34. The molecule has 138 valence electrons. The topological polar surface area (TPSA) is 72.0 Å². The van der Waals surface area contributed by atoms with Crippen molar-refractivity contribution in [2.45, 2.75) is 31.6 Å². The first-order valence-electron chi connectivity index (χ1n) is 8.57. The summed E-state index contributed by atoms with van der Waals surface area (Å²) in [6, 6.07) is 5.45. The average molecular weight is 365 g/mol. The zero-order chi connectivity index (χ0) is 18.1. The Hall–Kier alpha value is -1.89. The normalized spacial score (nSPS) is 17.2. The maximum absolute atomic E-state index is 11.9. The van der Waals surface area contributed by atoms with Gasteiger partial charge >= 0.3 is 5.97 Å². The summed E-state index contributed by atoms with van der Waals surface area (Å²) >= 11 is 2.02. The van der Waals surface area contributed by atoms with Crippen LogP contribution in [0.2, 0.25) is 0 Å². The average Bonchev–Trinajstić information content (AvgIpc) is 3.16. The molecule has 0 radical (unpaired) electrons. The number of rotatable bonds is 7. The Balaban J connectivity index is 2.03. The number of hydrogen-bond donors (Lipinski definition) is 2. The lowest BCUT2D eigenvalue weighted by atomic mass is 10.1. The van der Waals surface area contributed by atoms with Crippen LogP contribution in [0.15, 0.2) is 23.2 Å². The van der Waals surface area contributed by atoms with Crippen LogP contribution >= 0.6 is 11.8 Å². The van der Waals surface area contributed by atoms with Crippen LogP contribution in [0, 0.1) is 0 Å². The third-order valence-corrected chi connectivity index (χ3v) is 5.35. The first-order valence-corrected chi connectivity index (χ1v) is 9.61. The van der Waals surface area contributed by atoms with Crippen molar-refractivity contribution in [3.8, 4) is 5.75 Å². The Morgan fingerprint density at radius 1 is 1.36 bits per heavy atom. The van der Waals surface area contributed by atoms with E-state index in [1.54, 1.807) is 12.1 Å². The lowest BCUT2D eigenvalue weighted by Crippen LogP contribution is -2.40. The molecule has 1 unspecified atom stereocenters. The lowest BCUT2D eigenvalue weighted by Gasteiger charge is -2.14. The van der Waals surface area contributed by atoms with E-state index in [0.29, 0.717) is 23.1 Å². The number of nitrogens with zero attached hydrogens (tertiary/aromatic N) is 1. The van der Waals surface area contributed by atoms with Gasteiger partial charge in [-0.15, -0.1) is 0 Å². The SMILES string of the molecule is CCNC(=NCc1ccc(OC)c(C(=O)OC)c1)NCC1CCCS1. The molecule has 6 nitrogen and oxygen atoms in total. The zero-order valence-electron chi connectivity index (χ0n) is 15.1. The van der Waals surface area contributed by atoms with Crippen LogP contribution in [0.4, 0.5) is 0 Å². The molecule has 0 aliphatic carbocycles. The molecule has 1 saturated heterocycles. The molecule has 1 aliphatic heterocycles. The molecule has 0 amide bonds. The van der Waals surface area contributed by atoms with E-state index in [-0.39, 0.29) is 0 Å². The number of ether oxygens (including phenoxy) is 2. The molecule has 1 fully saturated rings. The van der Waals surface area contributed by atoms with E-state index in [9.17, 15) is 4.79 Å². The number of esters is 1. The first-order chi connectivity index (χ1) is 12.2. The molecule has 1 atom stereocenters. The van der Waals surface area contributed by atoms with Crippen molar-refractivity contribution in [2.24, 2.45) is 4.99 Å². The van der Waals surface area contributed by atoms with Gasteiger partial charge in [0.2, 0.25) is 0 Å². The smallest absolute Gasteiger partial charge is 0.341 e. The summed E-state index contributed by atoms with van der Waals surface area (Å²) in [5, 5.41) is 7.33. The first kappa shape index (κ1) is 19.4. The monoisotopic (exact) mass is 365 g/mol. The summed E-state index contributed by atoms with van der Waals surface area (Å²) in [7, 11) is 2.90. The molecule has 0 spiro atoms. The predicted molar refractivity (Wildman–Crippen MR) is 103 cm³/mol. The van der Waals surface area contributed by atoms with Crippen LogP contribution in [-0.4, -0.2) is 50.2 Å². The second-order valence-electron chi connectivity index (χ2n) is 5.74. The zero-order valence-corrected chi connectivity index (χ0v) is 15.9. The maximum Gasteiger partial charge on any atom is 0.341 e. The highest BCUT2D eigenvalue weighted by Gasteiger charge is 2.16. The van der Waals surface area contributed by atoms with E-state index in [4.69, 9.17) is 9.47 Å². The van der Waals surface area contributed by atoms with Gasteiger partial charge in [0.15, 0.2) is 5.96 Å². The molecule has 7 heteroatoms. The van der Waals surface area contributed by atoms with Gasteiger partial charge in [-0.3, -0.25) is 0 Å². The maximum atomic E-state index is 11.9. The van der Waals surface area contributed by atoms with Gasteiger partial charge in [-0.2, -0.15) is 11.8 Å². The molecule has 25 heavy (non-hydrogen) atoms. The quantitative estimate of drug-likeness (QED) is 0.439. The third-order valence-electron chi connectivity index (χ3n) is 3.95. The van der Waals surface area contributed by atoms with Crippen LogP contribution < -0.4 is 15.4 Å². The molecule has 0 bridgehead atoms. The van der Waals surface area contributed by atoms with E-state index in [1.165, 1.54) is 32.8 Å². The van der Waals surface area contributed by atoms with Crippen molar-refractivity contribution in [3.05, 3.63) is 29.3 Å². The number of nitrogens with one attached hydrogen (secondary N) is 2. The number of thioether (sulfide) groups is 1. The number of aliphatic imine (C=N–C) groups is 1. The molecule has 1 heterocycles. The molecule has 0 saturated carbocycles. The predicted octanol–water partition coefficient (Wildman–Crippen LogP) is 2.43. The number of guanidine groups is 1. The fourth-order valence-electron chi connectivity index (χ4n) is 2.65. The molecule has 2 N–H and O–H groups in total. The van der Waals surface area contributed by atoms with E-state index in [2.05, 4.69) is 15.6 Å². The van der Waals surface area contributed by atoms with Crippen molar-refractivity contribution in [3.63, 3.8) is 0 Å². The van der Waals surface area contributed by atoms with E-state index < -0.39 is 5.97 Å². The summed E-state index contributed by atoms with van der Waals surface area (Å²) in [5.74, 6) is 2.14. The van der Waals surface area contributed by atoms with E-state index in [0.717, 1.165) is 24.6 Å². The second kappa shape index (κ2) is 10.2. The summed E-state index contributed by atoms with van der Waals surface area (Å²) in [6.45, 7) is 4.25. The molecule has 0 aromatic heterocycles. The van der Waals surface area contributed by atoms with Gasteiger partial charge in [-0.05, 0) is 43.2 Å². The standard InChI is InChI=1S/C18H27N3O3S/c1-4-19-18(21-12-14-6-5-9-25-14)20-11-13-7-8-16(23-2)15(10-13)17(22)24-3/h7-8,10,14H,4-6,9,11-12H2,1-3H3,(H2,19,20,21). The minimum absolute atomic E-state index is 0.411. The van der Waals surface area contributed by atoms with Crippen LogP contribution in [0.25, 0.3) is 0 Å². The number of carbonyl (C=O) groups excluding carboxylic acids is 1. The van der Waals surface area contributed by atoms with Crippen molar-refractivity contribution in [2.75, 3.05) is 33.1 Å². The molecular weight excluding hydrogens is 338 g/mol. The van der Waals surface area contributed by atoms with Crippen LogP contribution in [0.1, 0.15) is 35.7 Å². The van der Waals surface area contributed by atoms with Gasteiger partial charge in [-0.1, -0.05) is 6.07 Å². The third kappa shape index (κ3) is 5.85. The molecule has 2 rings (SSSR count). The summed E-state index contributed by atoms with van der Waals surface area (Å²) in [6.07, 6.45) is 2.56. The summed E-state index contributed by atoms with van der Waals surface area (Å²) < 4.78 is 10.0. The number of hydrogen-bond acceptors (Lipinski definition) is 5. The fourth-order valence-corrected chi connectivity index (χ4v) is 3.85. The van der Waals surface area contributed by atoms with Crippen LogP contribution in [0.3, 0.4) is 0 Å². The minimum atomic E-state index is -0.411. The van der Waals surface area contributed by atoms with E-state index >= 15 is 0 Å². The van der Waals surface area contributed by atoms with Gasteiger partial charge in [0.05, 0.1) is 20.8 Å². The molecule has 1 aromatic carbocycles. The summed E-state index contributed by atoms with van der Waals surface area (Å²) in [4.78, 5) is 16.5. The second-order valence-corrected chi connectivity index (χ2v) is 7.15. The van der Waals surface area contributed by atoms with Crippen LogP contribution in [0.5, 0.6) is 5.75 Å². The molecule has 1 aliphatic rings. The highest BCUT2D eigenvalue weighted by molar-refractivity contribution is 8.00. The van der Waals surface area contributed by atoms with Crippen molar-refractivity contribution >= 4 is 23.7 Å². The van der Waals surface area contributed by atoms with Crippen molar-refractivity contribution in [1.29, 1.82) is 0 Å². The van der Waals surface area contributed by atoms with Gasteiger partial charge < -0.3 is 20.1 Å². The largest absolute Gasteiger partial charge is 0.496 e. The Morgan fingerprint density at radius 3 is 2.84 bits per heavy atom. The Labute approximate surface area is 153 Å². The van der Waals surface area contributed by atoms with Crippen molar-refractivity contribution in [1.82, 2.24) is 10.6 Å². The Bertz CT molecular complexity index is 601. The van der Waals surface area contributed by atoms with Gasteiger partial charge in [0.1, 0.15) is 11.3 Å². The van der Waals surface area contributed by atoms with E-state index in [1.807, 2.05) is 24.8 Å². The molecule has 1 aromatic rings. The highest BCUT2D eigenvalue weighted by atomic mass is 32.2. The van der Waals surface area contributed by atoms with Gasteiger partial charge in [0.25, 0.3) is 0 Å². The lowest BCUT2D eigenvalue weighted by molar-refractivity contribution is 0.0597. The van der Waals surface area contributed by atoms with Gasteiger partial charge in [0, 0.05) is 18.3 Å². The van der Waals surface area contributed by atoms with Gasteiger partial charge in [-0.25, -0.2) is 9.79 Å². The Morgan fingerprint density at radius 2 is 2.20 bits per heavy atom. The number of methoxy groups -OCH3 is 2. The highest BCUT2D eigenvalue weighted by Crippen LogP contribution is 2.25. The minimum Gasteiger partial charge on any atom is -0.496 e. The fraction of sp³-hybridized carbons (Fsp3) is 0.556. The van der Waals surface area contributed by atoms with Crippen molar-refractivity contribution < 1.29 is 14.3 Å². The number of carbonyl (C=O) groups is 1. The van der Waals surface area contributed by atoms with Crippen LogP contribution in [-0.2, 0) is 11.3 Å². The number of benzene rings is 1. The molecular formula is C18H27N3O3S.